The van der Waals surface area contributed by atoms with Crippen molar-refractivity contribution < 1.29 is 0 Å². The van der Waals surface area contributed by atoms with Gasteiger partial charge in [0.2, 0.25) is 0 Å². The summed E-state index contributed by atoms with van der Waals surface area (Å²) in [4.78, 5) is 0. The lowest BCUT2D eigenvalue weighted by Crippen LogP contribution is -1.93. The van der Waals surface area contributed by atoms with Gasteiger partial charge in [-0.1, -0.05) is 0 Å². The molecule has 0 unspecified atom stereocenters. The molecule has 0 saturated carbocycles. The van der Waals surface area contributed by atoms with E-state index in [0.29, 0.717) is 0 Å². The number of rotatable bonds is 1. The largest absolute Gasteiger partial charge is 0.272 e. The fraction of sp³-hybridized carbons (Fsp3) is 0.400. The van der Waals surface area contributed by atoms with E-state index in [9.17, 15) is 0 Å². The van der Waals surface area contributed by atoms with Crippen molar-refractivity contribution in [2.45, 2.75) is 13.5 Å². The van der Waals surface area contributed by atoms with Crippen molar-refractivity contribution in [3.8, 4) is 0 Å². The molecule has 1 aromatic heterocycles. The van der Waals surface area contributed by atoms with Crippen LogP contribution >= 0.6 is 22.6 Å². The predicted octanol–water partition coefficient (Wildman–Crippen LogP) is 1.51. The highest BCUT2D eigenvalue weighted by Gasteiger charge is 1.87. The second-order valence-corrected chi connectivity index (χ2v) is 2.60. The summed E-state index contributed by atoms with van der Waals surface area (Å²) in [5.74, 6) is 0. The van der Waals surface area contributed by atoms with Crippen LogP contribution in [0.15, 0.2) is 12.3 Å². The van der Waals surface area contributed by atoms with Crippen LogP contribution in [-0.4, -0.2) is 9.78 Å². The standard InChI is InChI=1S/C5H7IN2/c1-2-8-4-3-5(6)7-8/h3-4H,2H2,1H3. The molecule has 0 amide bonds. The number of aromatic nitrogens is 2. The molecule has 0 aliphatic heterocycles. The molecular formula is C5H7IN2. The molecule has 0 aliphatic rings. The van der Waals surface area contributed by atoms with Crippen LogP contribution in [0.1, 0.15) is 6.92 Å². The lowest BCUT2D eigenvalue weighted by atomic mass is 10.7. The zero-order valence-corrected chi connectivity index (χ0v) is 6.79. The summed E-state index contributed by atoms with van der Waals surface area (Å²) in [6, 6.07) is 1.99. The molecule has 0 bridgehead atoms. The molecule has 0 aromatic carbocycles. The highest BCUT2D eigenvalue weighted by atomic mass is 127. The first-order valence-corrected chi connectivity index (χ1v) is 3.59. The third-order valence-corrected chi connectivity index (χ3v) is 1.51. The molecule has 44 valence electrons. The van der Waals surface area contributed by atoms with Crippen molar-refractivity contribution in [3.63, 3.8) is 0 Å². The Morgan fingerprint density at radius 2 is 2.62 bits per heavy atom. The van der Waals surface area contributed by atoms with Gasteiger partial charge < -0.3 is 0 Å². The van der Waals surface area contributed by atoms with Crippen molar-refractivity contribution in [3.05, 3.63) is 16.0 Å². The smallest absolute Gasteiger partial charge is 0.123 e. The van der Waals surface area contributed by atoms with Gasteiger partial charge in [-0.3, -0.25) is 4.68 Å². The highest BCUT2D eigenvalue weighted by Crippen LogP contribution is 1.97. The molecule has 0 fully saturated rings. The monoisotopic (exact) mass is 222 g/mol. The fourth-order valence-corrected chi connectivity index (χ4v) is 0.951. The van der Waals surface area contributed by atoms with Crippen LogP contribution in [0.25, 0.3) is 0 Å². The van der Waals surface area contributed by atoms with E-state index in [-0.39, 0.29) is 0 Å². The number of hydrogen-bond acceptors (Lipinski definition) is 1. The first-order chi connectivity index (χ1) is 3.83. The molecule has 1 heterocycles. The average Bonchev–Trinajstić information content (AvgIpc) is 2.14. The Morgan fingerprint density at radius 3 is 2.88 bits per heavy atom. The Hall–Kier alpha value is -0.0600. The SMILES string of the molecule is CCn1ccc(I)n1. The van der Waals surface area contributed by atoms with Crippen molar-refractivity contribution >= 4 is 22.6 Å². The van der Waals surface area contributed by atoms with E-state index in [1.165, 1.54) is 0 Å². The lowest BCUT2D eigenvalue weighted by molar-refractivity contribution is 0.655. The minimum absolute atomic E-state index is 0.961. The number of nitrogens with zero attached hydrogens (tertiary/aromatic N) is 2. The van der Waals surface area contributed by atoms with Crippen LogP contribution < -0.4 is 0 Å². The van der Waals surface area contributed by atoms with Crippen LogP contribution in [-0.2, 0) is 6.54 Å². The fourth-order valence-electron chi connectivity index (χ4n) is 0.513. The third kappa shape index (κ3) is 1.21. The zero-order valence-electron chi connectivity index (χ0n) is 4.63. The molecule has 8 heavy (non-hydrogen) atoms. The van der Waals surface area contributed by atoms with Crippen molar-refractivity contribution in [1.82, 2.24) is 9.78 Å². The van der Waals surface area contributed by atoms with Gasteiger partial charge in [0, 0.05) is 12.7 Å². The first-order valence-electron chi connectivity index (χ1n) is 2.52. The zero-order chi connectivity index (χ0) is 5.98. The van der Waals surface area contributed by atoms with Crippen LogP contribution in [0, 0.1) is 3.70 Å². The van der Waals surface area contributed by atoms with E-state index < -0.39 is 0 Å². The molecule has 2 nitrogen and oxygen atoms in total. The van der Waals surface area contributed by atoms with Gasteiger partial charge in [0.15, 0.2) is 0 Å². The van der Waals surface area contributed by atoms with Crippen molar-refractivity contribution in [2.24, 2.45) is 0 Å². The van der Waals surface area contributed by atoms with Gasteiger partial charge in [-0.25, -0.2) is 0 Å². The van der Waals surface area contributed by atoms with Crippen LogP contribution in [0.2, 0.25) is 0 Å². The van der Waals surface area contributed by atoms with Gasteiger partial charge >= 0.3 is 0 Å². The molecular weight excluding hydrogens is 215 g/mol. The second-order valence-electron chi connectivity index (χ2n) is 1.49. The molecule has 1 rings (SSSR count). The van der Waals surface area contributed by atoms with Gasteiger partial charge in [-0.15, -0.1) is 0 Å². The normalized spacial score (nSPS) is 9.75. The minimum Gasteiger partial charge on any atom is -0.272 e. The van der Waals surface area contributed by atoms with E-state index >= 15 is 0 Å². The van der Waals surface area contributed by atoms with E-state index in [4.69, 9.17) is 0 Å². The number of halogens is 1. The molecule has 0 spiro atoms. The van der Waals surface area contributed by atoms with E-state index in [1.807, 2.05) is 16.9 Å². The molecule has 0 N–H and O–H groups in total. The maximum absolute atomic E-state index is 4.13. The summed E-state index contributed by atoms with van der Waals surface area (Å²) in [5.41, 5.74) is 0. The summed E-state index contributed by atoms with van der Waals surface area (Å²) in [6.45, 7) is 3.03. The molecule has 0 saturated heterocycles. The minimum atomic E-state index is 0.961. The van der Waals surface area contributed by atoms with E-state index in [1.54, 1.807) is 0 Å². The van der Waals surface area contributed by atoms with E-state index in [0.717, 1.165) is 10.2 Å². The van der Waals surface area contributed by atoms with Crippen molar-refractivity contribution in [1.29, 1.82) is 0 Å². The maximum Gasteiger partial charge on any atom is 0.123 e. The Bertz CT molecular complexity index is 171. The Balaban J connectivity index is 2.84. The Kier molecular flexibility index (Phi) is 1.88. The number of hydrogen-bond donors (Lipinski definition) is 0. The Labute approximate surface area is 62.0 Å². The Morgan fingerprint density at radius 1 is 1.88 bits per heavy atom. The predicted molar refractivity (Wildman–Crippen MR) is 40.6 cm³/mol. The highest BCUT2D eigenvalue weighted by molar-refractivity contribution is 14.1. The lowest BCUT2D eigenvalue weighted by Gasteiger charge is -1.88. The van der Waals surface area contributed by atoms with Crippen molar-refractivity contribution in [2.75, 3.05) is 0 Å². The third-order valence-electron chi connectivity index (χ3n) is 0.932. The second kappa shape index (κ2) is 2.48. The molecule has 1 aromatic rings. The summed E-state index contributed by atoms with van der Waals surface area (Å²) in [7, 11) is 0. The summed E-state index contributed by atoms with van der Waals surface area (Å²) in [6.07, 6.45) is 1.97. The molecule has 0 radical (unpaired) electrons. The summed E-state index contributed by atoms with van der Waals surface area (Å²) in [5, 5.41) is 4.13. The van der Waals surface area contributed by atoms with Gasteiger partial charge in [-0.05, 0) is 35.6 Å². The average molecular weight is 222 g/mol. The van der Waals surface area contributed by atoms with Gasteiger partial charge in [0.1, 0.15) is 3.70 Å². The summed E-state index contributed by atoms with van der Waals surface area (Å²) < 4.78 is 2.96. The van der Waals surface area contributed by atoms with Gasteiger partial charge in [-0.2, -0.15) is 5.10 Å². The van der Waals surface area contributed by atoms with E-state index in [2.05, 4.69) is 34.6 Å². The van der Waals surface area contributed by atoms with Crippen LogP contribution in [0.3, 0.4) is 0 Å². The topological polar surface area (TPSA) is 17.8 Å². The molecule has 0 aliphatic carbocycles. The number of aryl methyl sites for hydroxylation is 1. The molecule has 3 heteroatoms. The summed E-state index contributed by atoms with van der Waals surface area (Å²) >= 11 is 2.19. The van der Waals surface area contributed by atoms with Gasteiger partial charge in [0.25, 0.3) is 0 Å². The van der Waals surface area contributed by atoms with Gasteiger partial charge in [0.05, 0.1) is 0 Å². The first kappa shape index (κ1) is 6.07. The maximum atomic E-state index is 4.13. The van der Waals surface area contributed by atoms with Crippen LogP contribution in [0.5, 0.6) is 0 Å². The van der Waals surface area contributed by atoms with Crippen LogP contribution in [0.4, 0.5) is 0 Å². The molecule has 0 atom stereocenters. The quantitative estimate of drug-likeness (QED) is 0.658.